The van der Waals surface area contributed by atoms with Gasteiger partial charge in [-0.1, -0.05) is 42.1 Å². The second-order valence-electron chi connectivity index (χ2n) is 6.80. The predicted octanol–water partition coefficient (Wildman–Crippen LogP) is 3.28. The Morgan fingerprint density at radius 3 is 2.50 bits per heavy atom. The molecule has 0 spiro atoms. The van der Waals surface area contributed by atoms with E-state index in [9.17, 15) is 4.79 Å². The van der Waals surface area contributed by atoms with E-state index in [0.29, 0.717) is 0 Å². The second-order valence-corrected chi connectivity index (χ2v) is 8.11. The third-order valence-corrected chi connectivity index (χ3v) is 4.54. The van der Waals surface area contributed by atoms with Gasteiger partial charge in [-0.2, -0.15) is 0 Å². The second kappa shape index (κ2) is 7.83. The first-order chi connectivity index (χ1) is 11.3. The molecule has 2 aromatic rings. The van der Waals surface area contributed by atoms with Gasteiger partial charge in [-0.05, 0) is 40.2 Å². The summed E-state index contributed by atoms with van der Waals surface area (Å²) in [7, 11) is 0. The van der Waals surface area contributed by atoms with E-state index in [0.717, 1.165) is 23.9 Å². The lowest BCUT2D eigenvalue weighted by molar-refractivity contribution is -0.121. The molecule has 0 saturated carbocycles. The maximum absolute atomic E-state index is 12.3. The minimum atomic E-state index is -0.233. The maximum Gasteiger partial charge on any atom is 0.233 e. The van der Waals surface area contributed by atoms with E-state index < -0.39 is 0 Å². The van der Waals surface area contributed by atoms with E-state index in [2.05, 4.69) is 39.1 Å². The Hall–Kier alpha value is -1.82. The Kier molecular flexibility index (Phi) is 6.04. The van der Waals surface area contributed by atoms with Gasteiger partial charge in [0.2, 0.25) is 5.91 Å². The van der Waals surface area contributed by atoms with Gasteiger partial charge < -0.3 is 9.88 Å². The number of hydrogen-bond acceptors (Lipinski definition) is 4. The van der Waals surface area contributed by atoms with Gasteiger partial charge in [-0.15, -0.1) is 10.2 Å². The van der Waals surface area contributed by atoms with Crippen LogP contribution in [-0.4, -0.2) is 31.5 Å². The highest BCUT2D eigenvalue weighted by Gasteiger charge is 2.23. The van der Waals surface area contributed by atoms with Crippen LogP contribution >= 0.6 is 11.8 Å². The molecule has 1 aromatic heterocycles. The largest absolute Gasteiger partial charge is 0.351 e. The van der Waals surface area contributed by atoms with Crippen LogP contribution in [0, 0.1) is 0 Å². The molecule has 6 heteroatoms. The Labute approximate surface area is 148 Å². The molecular weight excluding hydrogens is 320 g/mol. The third kappa shape index (κ3) is 5.09. The van der Waals surface area contributed by atoms with Crippen molar-refractivity contribution in [2.45, 2.75) is 63.5 Å². The molecule has 0 fully saturated rings. The van der Waals surface area contributed by atoms with Crippen molar-refractivity contribution in [2.24, 2.45) is 0 Å². The molecule has 130 valence electrons. The van der Waals surface area contributed by atoms with Gasteiger partial charge in [0.1, 0.15) is 5.82 Å². The van der Waals surface area contributed by atoms with Gasteiger partial charge in [-0.25, -0.2) is 0 Å². The molecule has 1 amide bonds. The highest BCUT2D eigenvalue weighted by molar-refractivity contribution is 8.00. The summed E-state index contributed by atoms with van der Waals surface area (Å²) in [6.07, 6.45) is 0.741. The number of rotatable bonds is 6. The first-order valence-corrected chi connectivity index (χ1v) is 9.13. The molecular formula is C18H26N4OS. The van der Waals surface area contributed by atoms with Crippen LogP contribution in [0.25, 0.3) is 0 Å². The molecule has 5 nitrogen and oxygen atoms in total. The van der Waals surface area contributed by atoms with Crippen LogP contribution in [0.3, 0.4) is 0 Å². The van der Waals surface area contributed by atoms with Gasteiger partial charge in [-0.3, -0.25) is 4.79 Å². The lowest BCUT2D eigenvalue weighted by Crippen LogP contribution is -2.44. The van der Waals surface area contributed by atoms with Crippen molar-refractivity contribution in [1.82, 2.24) is 20.1 Å². The number of aromatic nitrogens is 3. The van der Waals surface area contributed by atoms with E-state index in [-0.39, 0.29) is 16.7 Å². The molecule has 0 aliphatic heterocycles. The zero-order chi connectivity index (χ0) is 17.7. The SMILES string of the molecule is CCn1c(Cc2ccccc2)nnc1SC(C)C(=O)NC(C)(C)C. The summed E-state index contributed by atoms with van der Waals surface area (Å²) in [5, 5.41) is 12.2. The highest BCUT2D eigenvalue weighted by atomic mass is 32.2. The topological polar surface area (TPSA) is 59.8 Å². The minimum Gasteiger partial charge on any atom is -0.351 e. The Balaban J connectivity index is 2.10. The fraction of sp³-hybridized carbons (Fsp3) is 0.500. The van der Waals surface area contributed by atoms with Crippen molar-refractivity contribution in [2.75, 3.05) is 0 Å². The number of carbonyl (C=O) groups excluding carboxylic acids is 1. The van der Waals surface area contributed by atoms with E-state index >= 15 is 0 Å². The third-order valence-electron chi connectivity index (χ3n) is 3.46. The molecule has 1 unspecified atom stereocenters. The van der Waals surface area contributed by atoms with Gasteiger partial charge in [0.05, 0.1) is 5.25 Å². The van der Waals surface area contributed by atoms with Crippen molar-refractivity contribution >= 4 is 17.7 Å². The summed E-state index contributed by atoms with van der Waals surface area (Å²) in [6.45, 7) is 10.7. The van der Waals surface area contributed by atoms with Crippen LogP contribution in [0.5, 0.6) is 0 Å². The average Bonchev–Trinajstić information content (AvgIpc) is 2.88. The molecule has 1 N–H and O–H groups in total. The normalized spacial score (nSPS) is 12.9. The van der Waals surface area contributed by atoms with Crippen molar-refractivity contribution in [3.63, 3.8) is 0 Å². The number of amides is 1. The van der Waals surface area contributed by atoms with E-state index in [4.69, 9.17) is 0 Å². The van der Waals surface area contributed by atoms with Crippen molar-refractivity contribution in [3.05, 3.63) is 41.7 Å². The van der Waals surface area contributed by atoms with E-state index in [1.165, 1.54) is 17.3 Å². The summed E-state index contributed by atoms with van der Waals surface area (Å²) in [4.78, 5) is 12.3. The van der Waals surface area contributed by atoms with Crippen molar-refractivity contribution in [1.29, 1.82) is 0 Å². The molecule has 0 aliphatic carbocycles. The molecule has 1 aromatic carbocycles. The first kappa shape index (κ1) is 18.5. The molecule has 1 heterocycles. The molecule has 24 heavy (non-hydrogen) atoms. The van der Waals surface area contributed by atoms with Gasteiger partial charge >= 0.3 is 0 Å². The van der Waals surface area contributed by atoms with Crippen LogP contribution in [0.15, 0.2) is 35.5 Å². The number of hydrogen-bond donors (Lipinski definition) is 1. The van der Waals surface area contributed by atoms with Crippen LogP contribution in [0.4, 0.5) is 0 Å². The standard InChI is InChI=1S/C18H26N4OS/c1-6-22-15(12-14-10-8-7-9-11-14)20-21-17(22)24-13(2)16(23)19-18(3,4)5/h7-11,13H,6,12H2,1-5H3,(H,19,23). The highest BCUT2D eigenvalue weighted by Crippen LogP contribution is 2.24. The van der Waals surface area contributed by atoms with Gasteiger partial charge in [0.15, 0.2) is 5.16 Å². The summed E-state index contributed by atoms with van der Waals surface area (Å²) in [5.74, 6) is 0.942. The summed E-state index contributed by atoms with van der Waals surface area (Å²) in [5.41, 5.74) is 0.970. The van der Waals surface area contributed by atoms with Crippen LogP contribution in [0.2, 0.25) is 0 Å². The molecule has 0 radical (unpaired) electrons. The van der Waals surface area contributed by atoms with E-state index in [1.807, 2.05) is 45.9 Å². The molecule has 0 bridgehead atoms. The Bertz CT molecular complexity index is 676. The smallest absolute Gasteiger partial charge is 0.233 e. The molecule has 0 saturated heterocycles. The van der Waals surface area contributed by atoms with Crippen LogP contribution < -0.4 is 5.32 Å². The monoisotopic (exact) mass is 346 g/mol. The number of nitrogens with zero attached hydrogens (tertiary/aromatic N) is 3. The van der Waals surface area contributed by atoms with Gasteiger partial charge in [0.25, 0.3) is 0 Å². The average molecular weight is 347 g/mol. The maximum atomic E-state index is 12.3. The number of benzene rings is 1. The van der Waals surface area contributed by atoms with Crippen molar-refractivity contribution in [3.8, 4) is 0 Å². The lowest BCUT2D eigenvalue weighted by atomic mass is 10.1. The van der Waals surface area contributed by atoms with Gasteiger partial charge in [0, 0.05) is 18.5 Å². The molecule has 0 aliphatic rings. The Morgan fingerprint density at radius 2 is 1.92 bits per heavy atom. The zero-order valence-corrected chi connectivity index (χ0v) is 15.9. The van der Waals surface area contributed by atoms with Crippen LogP contribution in [-0.2, 0) is 17.8 Å². The molecule has 2 rings (SSSR count). The Morgan fingerprint density at radius 1 is 1.25 bits per heavy atom. The fourth-order valence-electron chi connectivity index (χ4n) is 2.32. The lowest BCUT2D eigenvalue weighted by Gasteiger charge is -2.22. The number of carbonyl (C=O) groups is 1. The zero-order valence-electron chi connectivity index (χ0n) is 15.0. The first-order valence-electron chi connectivity index (χ1n) is 8.25. The summed E-state index contributed by atoms with van der Waals surface area (Å²) >= 11 is 1.45. The van der Waals surface area contributed by atoms with Crippen LogP contribution in [0.1, 0.15) is 46.0 Å². The number of nitrogens with one attached hydrogen (secondary N) is 1. The van der Waals surface area contributed by atoms with Crippen molar-refractivity contribution < 1.29 is 4.79 Å². The molecule has 1 atom stereocenters. The summed E-state index contributed by atoms with van der Waals surface area (Å²) < 4.78 is 2.08. The number of thioether (sulfide) groups is 1. The van der Waals surface area contributed by atoms with E-state index in [1.54, 1.807) is 0 Å². The minimum absolute atomic E-state index is 0.0164. The summed E-state index contributed by atoms with van der Waals surface area (Å²) in [6, 6.07) is 10.2. The quantitative estimate of drug-likeness (QED) is 0.816. The fourth-order valence-corrected chi connectivity index (χ4v) is 3.25. The predicted molar refractivity (Wildman–Crippen MR) is 98.2 cm³/mol.